The molecule has 10 rings (SSSR count). The van der Waals surface area contributed by atoms with Crippen molar-refractivity contribution in [1.82, 2.24) is 15.0 Å². The van der Waals surface area contributed by atoms with Crippen LogP contribution in [0, 0.1) is 0 Å². The molecule has 0 atom stereocenters. The summed E-state index contributed by atoms with van der Waals surface area (Å²) in [6, 6.07) is 61.1. The summed E-state index contributed by atoms with van der Waals surface area (Å²) in [5, 5.41) is 6.84. The molecule has 4 nitrogen and oxygen atoms in total. The maximum atomic E-state index is 6.32. The van der Waals surface area contributed by atoms with Crippen LogP contribution in [0.15, 0.2) is 180 Å². The highest BCUT2D eigenvalue weighted by atomic mass is 16.3. The standard InChI is InChI=1S/C47H29N3O/c1-3-10-30(11-4-1)31-18-20-33(21-19-31)46-48-45(32-12-5-2-6-13-32)49-47(50-46)37-24-25-39-34(29-37)14-9-16-38(39)35-22-26-40-36(28-35)23-27-42-41-15-7-8-17-43(41)51-44(40)42/h1-29H. The smallest absolute Gasteiger partial charge is 0.164 e. The third-order valence-electron chi connectivity index (χ3n) is 9.73. The van der Waals surface area contributed by atoms with E-state index in [4.69, 9.17) is 19.4 Å². The fourth-order valence-corrected chi connectivity index (χ4v) is 7.15. The first-order chi connectivity index (χ1) is 25.2. The summed E-state index contributed by atoms with van der Waals surface area (Å²) >= 11 is 0. The van der Waals surface area contributed by atoms with Crippen LogP contribution in [-0.2, 0) is 0 Å². The van der Waals surface area contributed by atoms with Gasteiger partial charge in [0.2, 0.25) is 0 Å². The molecular weight excluding hydrogens is 623 g/mol. The number of furan rings is 1. The van der Waals surface area contributed by atoms with E-state index >= 15 is 0 Å². The van der Waals surface area contributed by atoms with Gasteiger partial charge in [0.25, 0.3) is 0 Å². The number of fused-ring (bicyclic) bond motifs is 6. The molecule has 0 unspecified atom stereocenters. The van der Waals surface area contributed by atoms with E-state index in [1.165, 1.54) is 16.5 Å². The number of nitrogens with zero attached hydrogens (tertiary/aromatic N) is 3. The molecule has 238 valence electrons. The van der Waals surface area contributed by atoms with Crippen molar-refractivity contribution in [2.24, 2.45) is 0 Å². The van der Waals surface area contributed by atoms with Gasteiger partial charge in [-0.3, -0.25) is 0 Å². The molecule has 51 heavy (non-hydrogen) atoms. The van der Waals surface area contributed by atoms with E-state index in [1.54, 1.807) is 0 Å². The van der Waals surface area contributed by atoms with Crippen LogP contribution >= 0.6 is 0 Å². The quantitative estimate of drug-likeness (QED) is 0.186. The minimum absolute atomic E-state index is 0.638. The van der Waals surface area contributed by atoms with Crippen molar-refractivity contribution in [2.75, 3.05) is 0 Å². The van der Waals surface area contributed by atoms with Gasteiger partial charge in [0.1, 0.15) is 11.2 Å². The third kappa shape index (κ3) is 5.13. The van der Waals surface area contributed by atoms with E-state index in [9.17, 15) is 0 Å². The number of hydrogen-bond donors (Lipinski definition) is 0. The topological polar surface area (TPSA) is 51.8 Å². The number of hydrogen-bond acceptors (Lipinski definition) is 4. The van der Waals surface area contributed by atoms with Gasteiger partial charge < -0.3 is 4.42 Å². The van der Waals surface area contributed by atoms with Crippen LogP contribution in [0.4, 0.5) is 0 Å². The summed E-state index contributed by atoms with van der Waals surface area (Å²) in [5.41, 5.74) is 9.32. The Kier molecular flexibility index (Phi) is 6.78. The fourth-order valence-electron chi connectivity index (χ4n) is 7.15. The van der Waals surface area contributed by atoms with Gasteiger partial charge in [-0.05, 0) is 68.7 Å². The molecule has 0 aliphatic rings. The lowest BCUT2D eigenvalue weighted by atomic mass is 9.94. The van der Waals surface area contributed by atoms with E-state index in [2.05, 4.69) is 127 Å². The van der Waals surface area contributed by atoms with Crippen molar-refractivity contribution in [3.63, 3.8) is 0 Å². The van der Waals surface area contributed by atoms with Crippen molar-refractivity contribution in [3.8, 4) is 56.4 Å². The molecule has 0 bridgehead atoms. The van der Waals surface area contributed by atoms with Crippen LogP contribution in [0.5, 0.6) is 0 Å². The zero-order chi connectivity index (χ0) is 33.7. The molecule has 0 N–H and O–H groups in total. The monoisotopic (exact) mass is 651 g/mol. The summed E-state index contributed by atoms with van der Waals surface area (Å²) in [7, 11) is 0. The van der Waals surface area contributed by atoms with Crippen LogP contribution in [0.1, 0.15) is 0 Å². The van der Waals surface area contributed by atoms with Crippen molar-refractivity contribution >= 4 is 43.5 Å². The van der Waals surface area contributed by atoms with E-state index in [-0.39, 0.29) is 0 Å². The highest BCUT2D eigenvalue weighted by Gasteiger charge is 2.15. The molecule has 10 aromatic rings. The van der Waals surface area contributed by atoms with E-state index < -0.39 is 0 Å². The van der Waals surface area contributed by atoms with E-state index in [1.807, 2.05) is 48.5 Å². The summed E-state index contributed by atoms with van der Waals surface area (Å²) in [4.78, 5) is 15.0. The summed E-state index contributed by atoms with van der Waals surface area (Å²) in [6.07, 6.45) is 0. The Morgan fingerprint density at radius 1 is 0.314 bits per heavy atom. The van der Waals surface area contributed by atoms with Gasteiger partial charge in [0.15, 0.2) is 17.5 Å². The highest BCUT2D eigenvalue weighted by Crippen LogP contribution is 2.38. The largest absolute Gasteiger partial charge is 0.455 e. The summed E-state index contributed by atoms with van der Waals surface area (Å²) in [6.45, 7) is 0. The van der Waals surface area contributed by atoms with Crippen molar-refractivity contribution in [1.29, 1.82) is 0 Å². The molecule has 0 aliphatic carbocycles. The van der Waals surface area contributed by atoms with Gasteiger partial charge >= 0.3 is 0 Å². The SMILES string of the molecule is c1ccc(-c2ccc(-c3nc(-c4ccccc4)nc(-c4ccc5c(-c6ccc7c(ccc8c9ccccc9oc78)c6)cccc5c4)n3)cc2)cc1. The fraction of sp³-hybridized carbons (Fsp3) is 0. The van der Waals surface area contributed by atoms with Crippen LogP contribution in [0.2, 0.25) is 0 Å². The average Bonchev–Trinajstić information content (AvgIpc) is 3.60. The van der Waals surface area contributed by atoms with Crippen LogP contribution in [0.3, 0.4) is 0 Å². The molecule has 0 amide bonds. The molecule has 0 saturated heterocycles. The van der Waals surface area contributed by atoms with E-state index in [0.717, 1.165) is 65.9 Å². The Bertz CT molecular complexity index is 2900. The van der Waals surface area contributed by atoms with Crippen LogP contribution < -0.4 is 0 Å². The molecule has 0 fully saturated rings. The average molecular weight is 652 g/mol. The number of para-hydroxylation sites is 1. The van der Waals surface area contributed by atoms with Gasteiger partial charge in [0, 0.05) is 32.8 Å². The van der Waals surface area contributed by atoms with Gasteiger partial charge in [-0.2, -0.15) is 0 Å². The Morgan fingerprint density at radius 3 is 1.63 bits per heavy atom. The van der Waals surface area contributed by atoms with Crippen molar-refractivity contribution < 1.29 is 4.42 Å². The van der Waals surface area contributed by atoms with Gasteiger partial charge in [-0.25, -0.2) is 15.0 Å². The molecular formula is C47H29N3O. The number of rotatable bonds is 5. The first-order valence-corrected chi connectivity index (χ1v) is 17.1. The lowest BCUT2D eigenvalue weighted by Gasteiger charge is -2.12. The highest BCUT2D eigenvalue weighted by molar-refractivity contribution is 6.15. The molecule has 2 aromatic heterocycles. The minimum Gasteiger partial charge on any atom is -0.455 e. The van der Waals surface area contributed by atoms with Gasteiger partial charge in [-0.1, -0.05) is 146 Å². The predicted octanol–water partition coefficient (Wildman–Crippen LogP) is 12.4. The Hall–Kier alpha value is -6.91. The second-order valence-corrected chi connectivity index (χ2v) is 12.8. The Morgan fingerprint density at radius 2 is 0.843 bits per heavy atom. The summed E-state index contributed by atoms with van der Waals surface area (Å²) < 4.78 is 6.32. The summed E-state index contributed by atoms with van der Waals surface area (Å²) in [5.74, 6) is 1.92. The predicted molar refractivity (Wildman–Crippen MR) is 209 cm³/mol. The minimum atomic E-state index is 0.638. The maximum Gasteiger partial charge on any atom is 0.164 e. The zero-order valence-electron chi connectivity index (χ0n) is 27.5. The normalized spacial score (nSPS) is 11.5. The molecule has 0 spiro atoms. The lowest BCUT2D eigenvalue weighted by molar-refractivity contribution is 0.672. The first kappa shape index (κ1) is 29.0. The molecule has 0 radical (unpaired) electrons. The Labute approximate surface area is 294 Å². The number of benzene rings is 8. The van der Waals surface area contributed by atoms with Gasteiger partial charge in [0.05, 0.1) is 0 Å². The molecule has 2 heterocycles. The first-order valence-electron chi connectivity index (χ1n) is 17.1. The zero-order valence-corrected chi connectivity index (χ0v) is 27.5. The van der Waals surface area contributed by atoms with Crippen LogP contribution in [-0.4, -0.2) is 15.0 Å². The number of aromatic nitrogens is 3. The lowest BCUT2D eigenvalue weighted by Crippen LogP contribution is -2.00. The van der Waals surface area contributed by atoms with Crippen molar-refractivity contribution in [3.05, 3.63) is 176 Å². The van der Waals surface area contributed by atoms with Crippen LogP contribution in [0.25, 0.3) is 99.9 Å². The second-order valence-electron chi connectivity index (χ2n) is 12.8. The van der Waals surface area contributed by atoms with Gasteiger partial charge in [-0.15, -0.1) is 0 Å². The Balaban J connectivity index is 1.06. The third-order valence-corrected chi connectivity index (χ3v) is 9.73. The molecule has 8 aromatic carbocycles. The molecule has 0 aliphatic heterocycles. The second kappa shape index (κ2) is 11.9. The molecule has 4 heteroatoms. The van der Waals surface area contributed by atoms with E-state index in [0.29, 0.717) is 17.5 Å². The van der Waals surface area contributed by atoms with Crippen molar-refractivity contribution in [2.45, 2.75) is 0 Å². The maximum absolute atomic E-state index is 6.32. The molecule has 0 saturated carbocycles.